The monoisotopic (exact) mass is 375 g/mol. The lowest BCUT2D eigenvalue weighted by molar-refractivity contribution is -0.145. The number of aromatic nitrogens is 3. The number of nitrogens with one attached hydrogen (secondary N) is 1. The number of ether oxygens (including phenoxy) is 2. The minimum absolute atomic E-state index is 0.237. The van der Waals surface area contributed by atoms with E-state index in [-0.39, 0.29) is 11.6 Å². The highest BCUT2D eigenvalue weighted by atomic mass is 16.7. The van der Waals surface area contributed by atoms with Crippen molar-refractivity contribution in [3.63, 3.8) is 0 Å². The Labute approximate surface area is 160 Å². The van der Waals surface area contributed by atoms with Gasteiger partial charge in [-0.1, -0.05) is 35.5 Å². The second-order valence-corrected chi connectivity index (χ2v) is 6.15. The molecule has 148 valence electrons. The fraction of sp³-hybridized carbons (Fsp3) is 0.526. The van der Waals surface area contributed by atoms with Gasteiger partial charge in [-0.3, -0.25) is 4.79 Å². The topological polar surface area (TPSA) is 81.5 Å². The minimum Gasteiger partial charge on any atom is -0.351 e. The third kappa shape index (κ3) is 7.46. The first kappa shape index (κ1) is 21.0. The number of nitrogens with zero attached hydrogens (tertiary/aromatic N) is 4. The van der Waals surface area contributed by atoms with Crippen molar-refractivity contribution in [2.24, 2.45) is 0 Å². The van der Waals surface area contributed by atoms with Gasteiger partial charge in [-0.15, -0.1) is 5.10 Å². The van der Waals surface area contributed by atoms with Crippen LogP contribution < -0.4 is 5.32 Å². The Bertz CT molecular complexity index is 671. The predicted molar refractivity (Wildman–Crippen MR) is 102 cm³/mol. The van der Waals surface area contributed by atoms with Crippen LogP contribution in [-0.2, 0) is 22.6 Å². The third-order valence-electron chi connectivity index (χ3n) is 3.89. The van der Waals surface area contributed by atoms with E-state index < -0.39 is 6.29 Å². The average molecular weight is 375 g/mol. The molecule has 8 nitrogen and oxygen atoms in total. The van der Waals surface area contributed by atoms with Crippen molar-refractivity contribution < 1.29 is 14.3 Å². The standard InChI is InChI=1S/C19H29N5O3/c1-4-26-18(27-5-2)15-24-14-17(21-22-24)19(25)20-11-12-23(3)13-16-9-7-6-8-10-16/h6-10,14,18H,4-5,11-13,15H2,1-3H3,(H,20,25). The average Bonchev–Trinajstić information content (AvgIpc) is 3.11. The maximum absolute atomic E-state index is 12.2. The Hall–Kier alpha value is -2.29. The van der Waals surface area contributed by atoms with Gasteiger partial charge in [0.15, 0.2) is 12.0 Å². The zero-order chi connectivity index (χ0) is 19.5. The van der Waals surface area contributed by atoms with E-state index in [0.717, 1.165) is 13.1 Å². The molecule has 2 aromatic rings. The lowest BCUT2D eigenvalue weighted by atomic mass is 10.2. The molecule has 0 atom stereocenters. The number of rotatable bonds is 12. The summed E-state index contributed by atoms with van der Waals surface area (Å²) >= 11 is 0. The molecule has 2 rings (SSSR count). The van der Waals surface area contributed by atoms with Crippen LogP contribution in [0.15, 0.2) is 36.5 Å². The van der Waals surface area contributed by atoms with E-state index >= 15 is 0 Å². The van der Waals surface area contributed by atoms with Gasteiger partial charge in [-0.25, -0.2) is 4.68 Å². The zero-order valence-corrected chi connectivity index (χ0v) is 16.3. The zero-order valence-electron chi connectivity index (χ0n) is 16.3. The van der Waals surface area contributed by atoms with E-state index in [1.54, 1.807) is 10.9 Å². The molecule has 0 unspecified atom stereocenters. The van der Waals surface area contributed by atoms with E-state index in [2.05, 4.69) is 32.7 Å². The number of benzene rings is 1. The molecule has 1 amide bonds. The van der Waals surface area contributed by atoms with Gasteiger partial charge in [0.25, 0.3) is 5.91 Å². The maximum Gasteiger partial charge on any atom is 0.273 e. The molecule has 0 saturated carbocycles. The largest absolute Gasteiger partial charge is 0.351 e. The Morgan fingerprint density at radius 3 is 2.59 bits per heavy atom. The Morgan fingerprint density at radius 1 is 1.22 bits per heavy atom. The lowest BCUT2D eigenvalue weighted by Crippen LogP contribution is -2.33. The second kappa shape index (κ2) is 11.4. The second-order valence-electron chi connectivity index (χ2n) is 6.15. The number of likely N-dealkylation sites (N-methyl/N-ethyl adjacent to an activating group) is 1. The van der Waals surface area contributed by atoms with E-state index in [0.29, 0.717) is 26.3 Å². The molecule has 0 radical (unpaired) electrons. The summed E-state index contributed by atoms with van der Waals surface area (Å²) in [6, 6.07) is 10.2. The summed E-state index contributed by atoms with van der Waals surface area (Å²) in [6.45, 7) is 7.40. The van der Waals surface area contributed by atoms with Crippen LogP contribution in [0, 0.1) is 0 Å². The Balaban J connectivity index is 1.75. The van der Waals surface area contributed by atoms with Gasteiger partial charge < -0.3 is 19.7 Å². The summed E-state index contributed by atoms with van der Waals surface area (Å²) in [6.07, 6.45) is 1.21. The Morgan fingerprint density at radius 2 is 1.93 bits per heavy atom. The molecule has 0 aliphatic carbocycles. The molecule has 0 saturated heterocycles. The van der Waals surface area contributed by atoms with Crippen LogP contribution in [0.2, 0.25) is 0 Å². The molecule has 1 aromatic carbocycles. The maximum atomic E-state index is 12.2. The van der Waals surface area contributed by atoms with Crippen LogP contribution in [0.4, 0.5) is 0 Å². The van der Waals surface area contributed by atoms with Crippen molar-refractivity contribution >= 4 is 5.91 Å². The van der Waals surface area contributed by atoms with Gasteiger partial charge in [-0.2, -0.15) is 0 Å². The van der Waals surface area contributed by atoms with Crippen molar-refractivity contribution in [2.75, 3.05) is 33.4 Å². The van der Waals surface area contributed by atoms with Crippen LogP contribution in [0.25, 0.3) is 0 Å². The summed E-state index contributed by atoms with van der Waals surface area (Å²) in [5.41, 5.74) is 1.53. The van der Waals surface area contributed by atoms with Gasteiger partial charge in [-0.05, 0) is 26.5 Å². The lowest BCUT2D eigenvalue weighted by Gasteiger charge is -2.16. The van der Waals surface area contributed by atoms with Crippen LogP contribution in [-0.4, -0.2) is 65.4 Å². The van der Waals surface area contributed by atoms with Gasteiger partial charge in [0.2, 0.25) is 0 Å². The Kier molecular flexibility index (Phi) is 8.90. The van der Waals surface area contributed by atoms with Crippen LogP contribution in [0.3, 0.4) is 0 Å². The van der Waals surface area contributed by atoms with Gasteiger partial charge in [0.05, 0.1) is 12.7 Å². The molecule has 8 heteroatoms. The molecular weight excluding hydrogens is 346 g/mol. The van der Waals surface area contributed by atoms with Crippen molar-refractivity contribution in [2.45, 2.75) is 33.2 Å². The van der Waals surface area contributed by atoms with Crippen LogP contribution >= 0.6 is 0 Å². The van der Waals surface area contributed by atoms with Gasteiger partial charge in [0, 0.05) is 32.8 Å². The first-order valence-corrected chi connectivity index (χ1v) is 9.26. The van der Waals surface area contributed by atoms with Crippen molar-refractivity contribution in [1.29, 1.82) is 0 Å². The highest BCUT2D eigenvalue weighted by Gasteiger charge is 2.14. The molecule has 0 aliphatic rings. The molecule has 1 aromatic heterocycles. The summed E-state index contributed by atoms with van der Waals surface area (Å²) in [7, 11) is 2.02. The molecule has 1 N–H and O–H groups in total. The molecule has 0 spiro atoms. The number of hydrogen-bond donors (Lipinski definition) is 1. The SMILES string of the molecule is CCOC(Cn1cc(C(=O)NCCN(C)Cc2ccccc2)nn1)OCC. The molecule has 1 heterocycles. The smallest absolute Gasteiger partial charge is 0.273 e. The molecule has 0 aliphatic heterocycles. The normalized spacial score (nSPS) is 11.3. The fourth-order valence-electron chi connectivity index (χ4n) is 2.59. The summed E-state index contributed by atoms with van der Waals surface area (Å²) in [5.74, 6) is -0.237. The predicted octanol–water partition coefficient (Wildman–Crippen LogP) is 1.54. The summed E-state index contributed by atoms with van der Waals surface area (Å²) in [4.78, 5) is 14.4. The molecule has 0 fully saturated rings. The minimum atomic E-state index is -0.399. The fourth-order valence-corrected chi connectivity index (χ4v) is 2.59. The van der Waals surface area contributed by atoms with Gasteiger partial charge >= 0.3 is 0 Å². The summed E-state index contributed by atoms with van der Waals surface area (Å²) < 4.78 is 12.5. The number of carbonyl (C=O) groups is 1. The first-order chi connectivity index (χ1) is 13.1. The van der Waals surface area contributed by atoms with Crippen molar-refractivity contribution in [3.8, 4) is 0 Å². The number of hydrogen-bond acceptors (Lipinski definition) is 6. The van der Waals surface area contributed by atoms with Crippen molar-refractivity contribution in [1.82, 2.24) is 25.2 Å². The molecule has 0 bridgehead atoms. The highest BCUT2D eigenvalue weighted by Crippen LogP contribution is 2.03. The van der Waals surface area contributed by atoms with Crippen molar-refractivity contribution in [3.05, 3.63) is 47.8 Å². The van der Waals surface area contributed by atoms with Gasteiger partial charge in [0.1, 0.15) is 0 Å². The molecular formula is C19H29N5O3. The quantitative estimate of drug-likeness (QED) is 0.567. The van der Waals surface area contributed by atoms with E-state index in [4.69, 9.17) is 9.47 Å². The number of amides is 1. The first-order valence-electron chi connectivity index (χ1n) is 9.26. The van der Waals surface area contributed by atoms with E-state index in [9.17, 15) is 4.79 Å². The van der Waals surface area contributed by atoms with E-state index in [1.165, 1.54) is 5.56 Å². The number of carbonyl (C=O) groups excluding carboxylic acids is 1. The van der Waals surface area contributed by atoms with Crippen LogP contribution in [0.5, 0.6) is 0 Å². The van der Waals surface area contributed by atoms with Crippen LogP contribution in [0.1, 0.15) is 29.9 Å². The highest BCUT2D eigenvalue weighted by molar-refractivity contribution is 5.91. The van der Waals surface area contributed by atoms with E-state index in [1.807, 2.05) is 39.1 Å². The third-order valence-corrected chi connectivity index (χ3v) is 3.89. The summed E-state index contributed by atoms with van der Waals surface area (Å²) in [5, 5.41) is 10.8. The molecule has 27 heavy (non-hydrogen) atoms.